The van der Waals surface area contributed by atoms with Crippen molar-refractivity contribution >= 4 is 34.6 Å². The fourth-order valence-corrected chi connectivity index (χ4v) is 6.75. The third kappa shape index (κ3) is 7.04. The van der Waals surface area contributed by atoms with Crippen LogP contribution >= 0.6 is 23.2 Å². The standard InChI is InChI=1S/C35H38Cl2N8O4/c1-3-25(2)45-34(46)44(24-40-45)33-11-7-28(19-39-33)43-16-14-42(15-17-43)27-5-8-29(9-6-27)47-20-30-21-48-35(49-30,22-41-13-12-38-23-41)31-10-4-26(36)18-32(31)37/h4-13,18-19,23-25,30H,3,14-17,20-22H2,1-2H3/t25-,30-,35-/m1/s1. The molecule has 2 fully saturated rings. The molecule has 2 saturated heterocycles. The summed E-state index contributed by atoms with van der Waals surface area (Å²) in [5.74, 6) is 0.218. The predicted molar refractivity (Wildman–Crippen MR) is 188 cm³/mol. The summed E-state index contributed by atoms with van der Waals surface area (Å²) < 4.78 is 23.8. The number of imidazole rings is 1. The second-order valence-corrected chi connectivity index (χ2v) is 13.1. The highest BCUT2D eigenvalue weighted by Crippen LogP contribution is 2.40. The van der Waals surface area contributed by atoms with Crippen LogP contribution in [0.1, 0.15) is 31.9 Å². The van der Waals surface area contributed by atoms with Crippen molar-refractivity contribution in [2.24, 2.45) is 0 Å². The summed E-state index contributed by atoms with van der Waals surface area (Å²) in [7, 11) is 0. The molecule has 7 rings (SSSR count). The van der Waals surface area contributed by atoms with Crippen LogP contribution in [0.5, 0.6) is 5.75 Å². The van der Waals surface area contributed by atoms with Crippen LogP contribution in [0.3, 0.4) is 0 Å². The van der Waals surface area contributed by atoms with Gasteiger partial charge in [0.15, 0.2) is 0 Å². The monoisotopic (exact) mass is 704 g/mol. The van der Waals surface area contributed by atoms with Gasteiger partial charge in [-0.05, 0) is 61.9 Å². The molecule has 12 nitrogen and oxygen atoms in total. The molecular formula is C35H38Cl2N8O4. The van der Waals surface area contributed by atoms with Gasteiger partial charge >= 0.3 is 5.69 Å². The highest BCUT2D eigenvalue weighted by Gasteiger charge is 2.45. The van der Waals surface area contributed by atoms with Gasteiger partial charge in [-0.15, -0.1) is 0 Å². The van der Waals surface area contributed by atoms with Gasteiger partial charge in [0.1, 0.15) is 30.6 Å². The van der Waals surface area contributed by atoms with Crippen LogP contribution in [0.4, 0.5) is 11.4 Å². The summed E-state index contributed by atoms with van der Waals surface area (Å²) in [6, 6.07) is 17.4. The van der Waals surface area contributed by atoms with Crippen LogP contribution in [-0.2, 0) is 21.8 Å². The minimum absolute atomic E-state index is 0.0384. The van der Waals surface area contributed by atoms with E-state index in [0.29, 0.717) is 41.2 Å². The largest absolute Gasteiger partial charge is 0.491 e. The lowest BCUT2D eigenvalue weighted by molar-refractivity contribution is -0.189. The molecule has 2 aromatic carbocycles. The van der Waals surface area contributed by atoms with Crippen molar-refractivity contribution < 1.29 is 14.2 Å². The second-order valence-electron chi connectivity index (χ2n) is 12.3. The molecule has 0 N–H and O–H groups in total. The number of piperazine rings is 1. The van der Waals surface area contributed by atoms with E-state index in [1.165, 1.54) is 15.6 Å². The van der Waals surface area contributed by atoms with Crippen molar-refractivity contribution in [1.82, 2.24) is 28.9 Å². The van der Waals surface area contributed by atoms with E-state index in [-0.39, 0.29) is 17.8 Å². The number of rotatable bonds is 11. The molecule has 0 amide bonds. The number of hydrogen-bond acceptors (Lipinski definition) is 9. The number of ether oxygens (including phenoxy) is 3. The van der Waals surface area contributed by atoms with Crippen LogP contribution in [0.2, 0.25) is 10.0 Å². The maximum Gasteiger partial charge on any atom is 0.351 e. The first-order valence-electron chi connectivity index (χ1n) is 16.4. The van der Waals surface area contributed by atoms with Crippen LogP contribution < -0.4 is 20.2 Å². The molecule has 3 aromatic heterocycles. The van der Waals surface area contributed by atoms with E-state index in [2.05, 4.69) is 37.0 Å². The number of benzene rings is 2. The van der Waals surface area contributed by atoms with Crippen LogP contribution in [0.25, 0.3) is 5.82 Å². The van der Waals surface area contributed by atoms with Gasteiger partial charge in [-0.3, -0.25) is 0 Å². The van der Waals surface area contributed by atoms with E-state index in [9.17, 15) is 4.79 Å². The number of hydrogen-bond donors (Lipinski definition) is 0. The molecule has 0 bridgehead atoms. The Kier molecular flexibility index (Phi) is 9.64. The third-order valence-electron chi connectivity index (χ3n) is 9.11. The highest BCUT2D eigenvalue weighted by atomic mass is 35.5. The highest BCUT2D eigenvalue weighted by molar-refractivity contribution is 6.35. The van der Waals surface area contributed by atoms with E-state index in [1.807, 2.05) is 61.1 Å². The summed E-state index contributed by atoms with van der Waals surface area (Å²) in [4.78, 5) is 26.2. The number of pyridine rings is 1. The zero-order valence-corrected chi connectivity index (χ0v) is 28.9. The topological polar surface area (TPSA) is 105 Å². The molecule has 256 valence electrons. The Morgan fingerprint density at radius 2 is 1.76 bits per heavy atom. The summed E-state index contributed by atoms with van der Waals surface area (Å²) in [6.45, 7) is 8.48. The number of aromatic nitrogens is 6. The van der Waals surface area contributed by atoms with Gasteiger partial charge in [0.05, 0.1) is 42.4 Å². The molecular weight excluding hydrogens is 667 g/mol. The summed E-state index contributed by atoms with van der Waals surface area (Å²) in [5.41, 5.74) is 2.69. The Balaban J connectivity index is 0.925. The van der Waals surface area contributed by atoms with Crippen molar-refractivity contribution in [3.63, 3.8) is 0 Å². The number of halogens is 2. The van der Waals surface area contributed by atoms with Gasteiger partial charge in [0.2, 0.25) is 5.79 Å². The molecule has 14 heteroatoms. The fraction of sp³-hybridized carbons (Fsp3) is 0.371. The lowest BCUT2D eigenvalue weighted by Crippen LogP contribution is -2.46. The van der Waals surface area contributed by atoms with Gasteiger partial charge in [0.25, 0.3) is 0 Å². The molecule has 2 aliphatic heterocycles. The van der Waals surface area contributed by atoms with Gasteiger partial charge in [-0.2, -0.15) is 5.10 Å². The fourth-order valence-electron chi connectivity index (χ4n) is 6.20. The average molecular weight is 706 g/mol. The maximum absolute atomic E-state index is 12.8. The van der Waals surface area contributed by atoms with Gasteiger partial charge in [-0.1, -0.05) is 36.2 Å². The van der Waals surface area contributed by atoms with E-state index in [4.69, 9.17) is 37.4 Å². The Labute approximate surface area is 294 Å². The lowest BCUT2D eigenvalue weighted by Gasteiger charge is -2.37. The Morgan fingerprint density at radius 3 is 2.43 bits per heavy atom. The first-order chi connectivity index (χ1) is 23.8. The first kappa shape index (κ1) is 33.2. The van der Waals surface area contributed by atoms with E-state index < -0.39 is 5.79 Å². The summed E-state index contributed by atoms with van der Waals surface area (Å²) in [6.07, 6.45) is 9.17. The molecule has 49 heavy (non-hydrogen) atoms. The number of anilines is 2. The predicted octanol–water partition coefficient (Wildman–Crippen LogP) is 5.58. The molecule has 0 spiro atoms. The molecule has 0 radical (unpaired) electrons. The minimum Gasteiger partial charge on any atom is -0.491 e. The normalized spacial score (nSPS) is 20.1. The molecule has 3 atom stereocenters. The second kappa shape index (κ2) is 14.2. The SMILES string of the molecule is CC[C@@H](C)n1ncn(-c2ccc(N3CCN(c4ccc(OC[C@@H]5CO[C@@](Cn6ccnc6)(c6ccc(Cl)cc6Cl)O5)cc4)CC3)cn2)c1=O. The van der Waals surface area contributed by atoms with E-state index in [1.54, 1.807) is 24.7 Å². The zero-order valence-electron chi connectivity index (χ0n) is 27.4. The van der Waals surface area contributed by atoms with Crippen LogP contribution in [0, 0.1) is 0 Å². The van der Waals surface area contributed by atoms with Crippen molar-refractivity contribution in [3.8, 4) is 11.6 Å². The van der Waals surface area contributed by atoms with Gasteiger partial charge < -0.3 is 28.6 Å². The van der Waals surface area contributed by atoms with E-state index in [0.717, 1.165) is 49.7 Å². The smallest absolute Gasteiger partial charge is 0.351 e. The van der Waals surface area contributed by atoms with Crippen LogP contribution in [-0.4, -0.2) is 74.4 Å². The van der Waals surface area contributed by atoms with Gasteiger partial charge in [-0.25, -0.2) is 24.0 Å². The first-order valence-corrected chi connectivity index (χ1v) is 17.2. The molecule has 0 saturated carbocycles. The molecule has 2 aliphatic rings. The zero-order chi connectivity index (χ0) is 34.0. The maximum atomic E-state index is 12.8. The molecule has 5 aromatic rings. The molecule has 0 unspecified atom stereocenters. The van der Waals surface area contributed by atoms with Gasteiger partial charge in [0, 0.05) is 54.8 Å². The average Bonchev–Trinajstić information content (AvgIpc) is 3.88. The number of nitrogens with zero attached hydrogens (tertiary/aromatic N) is 8. The Hall–Kier alpha value is -4.36. The molecule has 5 heterocycles. The Morgan fingerprint density at radius 1 is 1.00 bits per heavy atom. The Bertz CT molecular complexity index is 1910. The van der Waals surface area contributed by atoms with Crippen LogP contribution in [0.15, 0.2) is 90.6 Å². The van der Waals surface area contributed by atoms with E-state index >= 15 is 0 Å². The van der Waals surface area contributed by atoms with Crippen molar-refractivity contribution in [2.75, 3.05) is 49.2 Å². The van der Waals surface area contributed by atoms with Crippen molar-refractivity contribution in [3.05, 3.63) is 112 Å². The summed E-state index contributed by atoms with van der Waals surface area (Å²) >= 11 is 12.8. The quantitative estimate of drug-likeness (QED) is 0.174. The van der Waals surface area contributed by atoms with Crippen molar-refractivity contribution in [1.29, 1.82) is 0 Å². The minimum atomic E-state index is -1.10. The lowest BCUT2D eigenvalue weighted by atomic mass is 10.1. The molecule has 0 aliphatic carbocycles. The summed E-state index contributed by atoms with van der Waals surface area (Å²) in [5, 5.41) is 5.27. The van der Waals surface area contributed by atoms with Crippen molar-refractivity contribution in [2.45, 2.75) is 44.7 Å². The third-order valence-corrected chi connectivity index (χ3v) is 9.66.